The first-order valence-electron chi connectivity index (χ1n) is 10.7. The SMILES string of the molecule is Cc1ccc(Nc2c(C)c(=O)oc3c(-c4cccc(NS(C)(=O)=O)c4C)c(C)[nH]c(=O)c23)c(F)c1. The van der Waals surface area contributed by atoms with E-state index in [0.29, 0.717) is 28.1 Å². The summed E-state index contributed by atoms with van der Waals surface area (Å²) in [6.45, 7) is 6.60. The number of halogens is 1. The van der Waals surface area contributed by atoms with Crippen molar-refractivity contribution >= 4 is 38.1 Å². The minimum Gasteiger partial charge on any atom is -0.421 e. The van der Waals surface area contributed by atoms with Crippen LogP contribution in [0, 0.1) is 33.5 Å². The molecule has 0 atom stereocenters. The summed E-state index contributed by atoms with van der Waals surface area (Å²) >= 11 is 0. The molecule has 2 aromatic carbocycles. The van der Waals surface area contributed by atoms with E-state index < -0.39 is 27.0 Å². The number of H-pyrrole nitrogens is 1. The lowest BCUT2D eigenvalue weighted by atomic mass is 9.96. The fraction of sp³-hybridized carbons (Fsp3) is 0.200. The average molecular weight is 498 g/mol. The van der Waals surface area contributed by atoms with Crippen LogP contribution in [0.3, 0.4) is 0 Å². The van der Waals surface area contributed by atoms with Gasteiger partial charge < -0.3 is 14.7 Å². The second kappa shape index (κ2) is 8.70. The molecule has 0 fully saturated rings. The van der Waals surface area contributed by atoms with Gasteiger partial charge >= 0.3 is 5.63 Å². The van der Waals surface area contributed by atoms with Crippen molar-refractivity contribution in [3.8, 4) is 11.1 Å². The lowest BCUT2D eigenvalue weighted by Crippen LogP contribution is -2.17. The maximum Gasteiger partial charge on any atom is 0.341 e. The third-order valence-electron chi connectivity index (χ3n) is 5.77. The van der Waals surface area contributed by atoms with Gasteiger partial charge in [-0.15, -0.1) is 0 Å². The summed E-state index contributed by atoms with van der Waals surface area (Å²) in [7, 11) is -3.55. The maximum atomic E-state index is 14.6. The van der Waals surface area contributed by atoms with Crippen molar-refractivity contribution < 1.29 is 17.2 Å². The largest absolute Gasteiger partial charge is 0.421 e. The monoisotopic (exact) mass is 497 g/mol. The van der Waals surface area contributed by atoms with Gasteiger partial charge in [0.2, 0.25) is 10.0 Å². The maximum absolute atomic E-state index is 14.6. The van der Waals surface area contributed by atoms with E-state index in [9.17, 15) is 22.4 Å². The predicted molar refractivity (Wildman–Crippen MR) is 136 cm³/mol. The molecule has 2 heterocycles. The summed E-state index contributed by atoms with van der Waals surface area (Å²) in [5.74, 6) is -0.537. The second-order valence-corrected chi connectivity index (χ2v) is 10.3. The first-order chi connectivity index (χ1) is 16.4. The van der Waals surface area contributed by atoms with E-state index in [1.807, 2.05) is 0 Å². The number of hydrogen-bond donors (Lipinski definition) is 3. The number of benzene rings is 2. The summed E-state index contributed by atoms with van der Waals surface area (Å²) in [5, 5.41) is 2.95. The Hall–Kier alpha value is -3.92. The van der Waals surface area contributed by atoms with E-state index >= 15 is 0 Å². The molecule has 0 spiro atoms. The van der Waals surface area contributed by atoms with Gasteiger partial charge in [-0.1, -0.05) is 18.2 Å². The normalized spacial score (nSPS) is 11.6. The Labute approximate surface area is 200 Å². The van der Waals surface area contributed by atoms with Crippen LogP contribution in [-0.2, 0) is 10.0 Å². The fourth-order valence-corrected chi connectivity index (χ4v) is 4.66. The molecule has 0 amide bonds. The molecule has 4 aromatic rings. The quantitative estimate of drug-likeness (QED) is 0.369. The number of nitrogens with one attached hydrogen (secondary N) is 3. The van der Waals surface area contributed by atoms with Gasteiger partial charge in [0.15, 0.2) is 5.58 Å². The zero-order valence-electron chi connectivity index (χ0n) is 19.8. The van der Waals surface area contributed by atoms with Crippen LogP contribution in [0.15, 0.2) is 50.4 Å². The molecular weight excluding hydrogens is 473 g/mol. The van der Waals surface area contributed by atoms with Gasteiger partial charge in [0.05, 0.1) is 28.9 Å². The highest BCUT2D eigenvalue weighted by atomic mass is 32.2. The molecule has 10 heteroatoms. The van der Waals surface area contributed by atoms with Crippen molar-refractivity contribution in [2.75, 3.05) is 16.3 Å². The van der Waals surface area contributed by atoms with Gasteiger partial charge in [-0.25, -0.2) is 17.6 Å². The molecule has 2 aromatic heterocycles. The number of pyridine rings is 1. The van der Waals surface area contributed by atoms with Crippen LogP contribution in [-0.4, -0.2) is 19.7 Å². The van der Waals surface area contributed by atoms with Crippen LogP contribution < -0.4 is 21.2 Å². The van der Waals surface area contributed by atoms with Crippen LogP contribution in [0.4, 0.5) is 21.5 Å². The van der Waals surface area contributed by atoms with Crippen molar-refractivity contribution in [3.63, 3.8) is 0 Å². The van der Waals surface area contributed by atoms with E-state index in [4.69, 9.17) is 4.42 Å². The highest BCUT2D eigenvalue weighted by Gasteiger charge is 2.22. The van der Waals surface area contributed by atoms with E-state index in [0.717, 1.165) is 11.8 Å². The molecule has 182 valence electrons. The first kappa shape index (κ1) is 24.2. The van der Waals surface area contributed by atoms with Gasteiger partial charge in [-0.2, -0.15) is 0 Å². The number of anilines is 3. The molecule has 0 aliphatic rings. The Morgan fingerprint density at radius 1 is 0.971 bits per heavy atom. The number of hydrogen-bond acceptors (Lipinski definition) is 6. The first-order valence-corrected chi connectivity index (χ1v) is 12.6. The highest BCUT2D eigenvalue weighted by molar-refractivity contribution is 7.92. The minimum absolute atomic E-state index is 0.0106. The molecule has 8 nitrogen and oxygen atoms in total. The third-order valence-corrected chi connectivity index (χ3v) is 6.36. The summed E-state index contributed by atoms with van der Waals surface area (Å²) in [4.78, 5) is 28.7. The van der Waals surface area contributed by atoms with Gasteiger partial charge in [0.1, 0.15) is 11.2 Å². The molecule has 0 aliphatic carbocycles. The van der Waals surface area contributed by atoms with Gasteiger partial charge in [-0.05, 0) is 62.6 Å². The molecule has 4 rings (SSSR count). The molecule has 0 saturated carbocycles. The van der Waals surface area contributed by atoms with E-state index in [-0.39, 0.29) is 27.9 Å². The van der Waals surface area contributed by atoms with Gasteiger partial charge in [0, 0.05) is 11.3 Å². The van der Waals surface area contributed by atoms with Crippen LogP contribution in [0.1, 0.15) is 22.4 Å². The standard InChI is InChI=1S/C25H24FN3O5S/c1-12-9-10-19(17(26)11-12)28-22-14(3)25(31)34-23-20(15(4)27-24(30)21(22)23)16-7-6-8-18(13(16)2)29-35(5,32)33/h6-11,28-29H,1-5H3,(H,27,30). The highest BCUT2D eigenvalue weighted by Crippen LogP contribution is 2.37. The fourth-order valence-electron chi connectivity index (χ4n) is 4.04. The zero-order valence-corrected chi connectivity index (χ0v) is 20.6. The number of aromatic nitrogens is 1. The van der Waals surface area contributed by atoms with Gasteiger partial charge in [0.25, 0.3) is 5.56 Å². The average Bonchev–Trinajstić information content (AvgIpc) is 2.74. The van der Waals surface area contributed by atoms with E-state index in [1.54, 1.807) is 45.0 Å². The van der Waals surface area contributed by atoms with Crippen LogP contribution in [0.5, 0.6) is 0 Å². The Bertz CT molecular complexity index is 1720. The van der Waals surface area contributed by atoms with Crippen molar-refractivity contribution in [2.24, 2.45) is 0 Å². The number of fused-ring (bicyclic) bond motifs is 1. The summed E-state index contributed by atoms with van der Waals surface area (Å²) in [6, 6.07) is 9.57. The van der Waals surface area contributed by atoms with Crippen molar-refractivity contribution in [1.82, 2.24) is 4.98 Å². The molecular formula is C25H24FN3O5S. The summed E-state index contributed by atoms with van der Waals surface area (Å²) < 4.78 is 46.3. The number of aromatic amines is 1. The topological polar surface area (TPSA) is 121 Å². The predicted octanol–water partition coefficient (Wildman–Crippen LogP) is 4.64. The Morgan fingerprint density at radius 2 is 1.69 bits per heavy atom. The molecule has 0 aliphatic heterocycles. The lowest BCUT2D eigenvalue weighted by molar-refractivity contribution is 0.555. The number of aryl methyl sites for hydroxylation is 2. The summed E-state index contributed by atoms with van der Waals surface area (Å²) in [5.41, 5.74) is 2.15. The number of sulfonamides is 1. The van der Waals surface area contributed by atoms with Crippen LogP contribution in [0.2, 0.25) is 0 Å². The van der Waals surface area contributed by atoms with Gasteiger partial charge in [-0.3, -0.25) is 9.52 Å². The van der Waals surface area contributed by atoms with Crippen molar-refractivity contribution in [2.45, 2.75) is 27.7 Å². The smallest absolute Gasteiger partial charge is 0.341 e. The molecule has 0 unspecified atom stereocenters. The minimum atomic E-state index is -3.55. The molecule has 0 saturated heterocycles. The molecule has 0 radical (unpaired) electrons. The van der Waals surface area contributed by atoms with Crippen molar-refractivity contribution in [1.29, 1.82) is 0 Å². The molecule has 3 N–H and O–H groups in total. The third kappa shape index (κ3) is 4.57. The Kier molecular flexibility index (Phi) is 6.02. The van der Waals surface area contributed by atoms with Crippen LogP contribution in [0.25, 0.3) is 22.1 Å². The second-order valence-electron chi connectivity index (χ2n) is 8.51. The lowest BCUT2D eigenvalue weighted by Gasteiger charge is -2.17. The van der Waals surface area contributed by atoms with E-state index in [1.165, 1.54) is 19.1 Å². The molecule has 0 bridgehead atoms. The summed E-state index contributed by atoms with van der Waals surface area (Å²) in [6.07, 6.45) is 1.05. The Balaban J connectivity index is 2.05. The van der Waals surface area contributed by atoms with Crippen molar-refractivity contribution in [3.05, 3.63) is 85.4 Å². The Morgan fingerprint density at radius 3 is 2.34 bits per heavy atom. The van der Waals surface area contributed by atoms with E-state index in [2.05, 4.69) is 15.0 Å². The van der Waals surface area contributed by atoms with Crippen LogP contribution >= 0.6 is 0 Å². The molecule has 35 heavy (non-hydrogen) atoms. The number of rotatable bonds is 5. The zero-order chi connectivity index (χ0) is 25.7.